The number of benzene rings is 1. The topological polar surface area (TPSA) is 44.8 Å². The lowest BCUT2D eigenvalue weighted by atomic mass is 9.71. The van der Waals surface area contributed by atoms with Crippen molar-refractivity contribution in [2.24, 2.45) is 29.6 Å². The number of carbonyl (C=O) groups excluding carboxylic acids is 1. The highest BCUT2D eigenvalue weighted by atomic mass is 16.5. The number of methoxy groups -OCH3 is 2. The second-order valence-electron chi connectivity index (χ2n) is 7.26. The SMILES string of the molecule is COC(=O)C1C(COCc2ccc(OC)cc2)C=CC2C(C)CCC21. The molecule has 5 atom stereocenters. The lowest BCUT2D eigenvalue weighted by Gasteiger charge is -2.35. The van der Waals surface area contributed by atoms with Crippen molar-refractivity contribution in [1.29, 1.82) is 0 Å². The van der Waals surface area contributed by atoms with E-state index in [4.69, 9.17) is 14.2 Å². The fourth-order valence-electron chi connectivity index (χ4n) is 4.40. The van der Waals surface area contributed by atoms with Gasteiger partial charge in [-0.25, -0.2) is 0 Å². The first-order valence-corrected chi connectivity index (χ1v) is 9.11. The molecule has 1 aromatic rings. The number of allylic oxidation sites excluding steroid dienone is 1. The van der Waals surface area contributed by atoms with Gasteiger partial charge in [-0.05, 0) is 48.3 Å². The molecule has 4 nitrogen and oxygen atoms in total. The average molecular weight is 344 g/mol. The number of rotatable bonds is 6. The molecule has 0 spiro atoms. The fourth-order valence-corrected chi connectivity index (χ4v) is 4.40. The molecule has 0 aromatic heterocycles. The first-order valence-electron chi connectivity index (χ1n) is 9.11. The number of ether oxygens (including phenoxy) is 3. The van der Waals surface area contributed by atoms with Crippen LogP contribution >= 0.6 is 0 Å². The van der Waals surface area contributed by atoms with Gasteiger partial charge in [0.2, 0.25) is 0 Å². The van der Waals surface area contributed by atoms with Crippen molar-refractivity contribution in [2.75, 3.05) is 20.8 Å². The minimum Gasteiger partial charge on any atom is -0.497 e. The molecule has 2 aliphatic carbocycles. The van der Waals surface area contributed by atoms with Gasteiger partial charge < -0.3 is 14.2 Å². The molecule has 0 heterocycles. The Bertz CT molecular complexity index is 607. The Balaban J connectivity index is 1.62. The average Bonchev–Trinajstić information content (AvgIpc) is 3.02. The molecule has 2 aliphatic rings. The van der Waals surface area contributed by atoms with Crippen molar-refractivity contribution in [2.45, 2.75) is 26.4 Å². The van der Waals surface area contributed by atoms with Crippen LogP contribution in [-0.2, 0) is 20.9 Å². The Morgan fingerprint density at radius 2 is 1.88 bits per heavy atom. The van der Waals surface area contributed by atoms with E-state index < -0.39 is 0 Å². The standard InChI is InChI=1S/C21H28O4/c1-14-4-10-19-18(14)11-7-16(20(19)21(22)24-3)13-25-12-15-5-8-17(23-2)9-6-15/h5-9,11,14,16,18-20H,4,10,12-13H2,1-3H3. The van der Waals surface area contributed by atoms with E-state index in [1.54, 1.807) is 7.11 Å². The summed E-state index contributed by atoms with van der Waals surface area (Å²) in [6, 6.07) is 7.87. The van der Waals surface area contributed by atoms with E-state index in [0.29, 0.717) is 31.0 Å². The third kappa shape index (κ3) is 3.90. The lowest BCUT2D eigenvalue weighted by molar-refractivity contribution is -0.151. The van der Waals surface area contributed by atoms with Crippen molar-refractivity contribution >= 4 is 5.97 Å². The predicted molar refractivity (Wildman–Crippen MR) is 96.2 cm³/mol. The summed E-state index contributed by atoms with van der Waals surface area (Å²) < 4.78 is 16.2. The van der Waals surface area contributed by atoms with Gasteiger partial charge in [-0.2, -0.15) is 0 Å². The number of fused-ring (bicyclic) bond motifs is 1. The van der Waals surface area contributed by atoms with Crippen LogP contribution in [0, 0.1) is 29.6 Å². The van der Waals surface area contributed by atoms with E-state index >= 15 is 0 Å². The summed E-state index contributed by atoms with van der Waals surface area (Å²) >= 11 is 0. The van der Waals surface area contributed by atoms with Gasteiger partial charge >= 0.3 is 5.97 Å². The van der Waals surface area contributed by atoms with Crippen LogP contribution < -0.4 is 4.74 Å². The van der Waals surface area contributed by atoms with Crippen LogP contribution in [0.1, 0.15) is 25.3 Å². The maximum atomic E-state index is 12.4. The molecular formula is C21H28O4. The molecule has 0 N–H and O–H groups in total. The number of hydrogen-bond donors (Lipinski definition) is 0. The molecule has 0 saturated heterocycles. The highest BCUT2D eigenvalue weighted by Gasteiger charge is 2.46. The van der Waals surface area contributed by atoms with E-state index in [2.05, 4.69) is 19.1 Å². The Kier molecular flexibility index (Phi) is 5.79. The predicted octanol–water partition coefficient (Wildman–Crippen LogP) is 3.85. The van der Waals surface area contributed by atoms with E-state index in [1.165, 1.54) is 13.5 Å². The van der Waals surface area contributed by atoms with Gasteiger partial charge in [-0.1, -0.05) is 31.2 Å². The van der Waals surface area contributed by atoms with Crippen molar-refractivity contribution in [1.82, 2.24) is 0 Å². The molecule has 0 radical (unpaired) electrons. The maximum absolute atomic E-state index is 12.4. The third-order valence-corrected chi connectivity index (χ3v) is 5.82. The first kappa shape index (κ1) is 18.0. The molecule has 3 rings (SSSR count). The largest absolute Gasteiger partial charge is 0.497 e. The van der Waals surface area contributed by atoms with Gasteiger partial charge in [0.1, 0.15) is 5.75 Å². The fraction of sp³-hybridized carbons (Fsp3) is 0.571. The molecule has 1 saturated carbocycles. The minimum absolute atomic E-state index is 0.0826. The van der Waals surface area contributed by atoms with Crippen molar-refractivity contribution in [3.63, 3.8) is 0 Å². The molecular weight excluding hydrogens is 316 g/mol. The van der Waals surface area contributed by atoms with Crippen LogP contribution in [0.3, 0.4) is 0 Å². The van der Waals surface area contributed by atoms with Crippen LogP contribution in [0.25, 0.3) is 0 Å². The van der Waals surface area contributed by atoms with Gasteiger partial charge in [0.15, 0.2) is 0 Å². The second-order valence-corrected chi connectivity index (χ2v) is 7.26. The summed E-state index contributed by atoms with van der Waals surface area (Å²) in [4.78, 5) is 12.4. The Hall–Kier alpha value is -1.81. The van der Waals surface area contributed by atoms with E-state index in [0.717, 1.165) is 17.7 Å². The number of hydrogen-bond acceptors (Lipinski definition) is 4. The summed E-state index contributed by atoms with van der Waals surface area (Å²) in [7, 11) is 3.15. The maximum Gasteiger partial charge on any atom is 0.309 e. The van der Waals surface area contributed by atoms with Crippen LogP contribution in [0.5, 0.6) is 5.75 Å². The minimum atomic E-state index is -0.0912. The Morgan fingerprint density at radius 3 is 2.56 bits per heavy atom. The first-order chi connectivity index (χ1) is 12.1. The highest BCUT2D eigenvalue weighted by molar-refractivity contribution is 5.74. The van der Waals surface area contributed by atoms with Crippen LogP contribution in [0.2, 0.25) is 0 Å². The van der Waals surface area contributed by atoms with Gasteiger partial charge in [-0.15, -0.1) is 0 Å². The molecule has 25 heavy (non-hydrogen) atoms. The Labute approximate surface area is 150 Å². The highest BCUT2D eigenvalue weighted by Crippen LogP contribution is 2.47. The Morgan fingerprint density at radius 1 is 1.12 bits per heavy atom. The summed E-state index contributed by atoms with van der Waals surface area (Å²) in [5.41, 5.74) is 1.10. The summed E-state index contributed by atoms with van der Waals surface area (Å²) in [6.07, 6.45) is 6.78. The van der Waals surface area contributed by atoms with Gasteiger partial charge in [0, 0.05) is 5.92 Å². The molecule has 0 amide bonds. The zero-order valence-corrected chi connectivity index (χ0v) is 15.3. The van der Waals surface area contributed by atoms with Crippen molar-refractivity contribution < 1.29 is 19.0 Å². The molecule has 1 fully saturated rings. The molecule has 1 aromatic carbocycles. The second kappa shape index (κ2) is 8.05. The van der Waals surface area contributed by atoms with Crippen LogP contribution in [-0.4, -0.2) is 26.8 Å². The molecule has 136 valence electrons. The summed E-state index contributed by atoms with van der Waals surface area (Å²) in [5.74, 6) is 2.30. The smallest absolute Gasteiger partial charge is 0.309 e. The summed E-state index contributed by atoms with van der Waals surface area (Å²) in [5, 5.41) is 0. The number of esters is 1. The molecule has 0 bridgehead atoms. The van der Waals surface area contributed by atoms with E-state index in [1.807, 2.05) is 24.3 Å². The number of carbonyl (C=O) groups is 1. The van der Waals surface area contributed by atoms with E-state index in [-0.39, 0.29) is 17.8 Å². The lowest BCUT2D eigenvalue weighted by Crippen LogP contribution is -2.38. The van der Waals surface area contributed by atoms with Crippen molar-refractivity contribution in [3.05, 3.63) is 42.0 Å². The molecule has 5 unspecified atom stereocenters. The van der Waals surface area contributed by atoms with Gasteiger partial charge in [0.05, 0.1) is 33.4 Å². The van der Waals surface area contributed by atoms with Crippen LogP contribution in [0.4, 0.5) is 0 Å². The normalized spacial score (nSPS) is 30.8. The van der Waals surface area contributed by atoms with E-state index in [9.17, 15) is 4.79 Å². The summed E-state index contributed by atoms with van der Waals surface area (Å²) in [6.45, 7) is 3.36. The molecule has 4 heteroatoms. The molecule has 0 aliphatic heterocycles. The quantitative estimate of drug-likeness (QED) is 0.581. The zero-order valence-electron chi connectivity index (χ0n) is 15.3. The zero-order chi connectivity index (χ0) is 17.8. The van der Waals surface area contributed by atoms with Crippen LogP contribution in [0.15, 0.2) is 36.4 Å². The van der Waals surface area contributed by atoms with Gasteiger partial charge in [-0.3, -0.25) is 4.79 Å². The van der Waals surface area contributed by atoms with Gasteiger partial charge in [0.25, 0.3) is 0 Å². The third-order valence-electron chi connectivity index (χ3n) is 5.82. The monoisotopic (exact) mass is 344 g/mol. The van der Waals surface area contributed by atoms with Crippen molar-refractivity contribution in [3.8, 4) is 5.75 Å².